The third-order valence-corrected chi connectivity index (χ3v) is 2.79. The summed E-state index contributed by atoms with van der Waals surface area (Å²) in [7, 11) is 1.58. The summed E-state index contributed by atoms with van der Waals surface area (Å²) < 4.78 is 0. The smallest absolute Gasteiger partial charge is 0.321 e. The van der Waals surface area contributed by atoms with Gasteiger partial charge in [-0.05, 0) is 19.8 Å². The zero-order valence-corrected chi connectivity index (χ0v) is 8.62. The topological polar surface area (TPSA) is 34.4 Å². The van der Waals surface area contributed by atoms with E-state index in [-0.39, 0.29) is 6.03 Å². The Bertz CT molecular complexity index is 164. The van der Waals surface area contributed by atoms with E-state index in [4.69, 9.17) is 0 Å². The number of carbonyl (C=O) groups is 1. The van der Waals surface area contributed by atoms with Crippen LogP contribution in [-0.4, -0.2) is 30.6 Å². The molecule has 0 saturated heterocycles. The van der Waals surface area contributed by atoms with Gasteiger partial charge in [0.2, 0.25) is 0 Å². The maximum absolute atomic E-state index is 11.4. The molecule has 2 amide bonds. The van der Waals surface area contributed by atoms with Gasteiger partial charge in [0, 0.05) is 19.6 Å². The Hall–Kier alpha value is -0.730. The first kappa shape index (κ1) is 10.4. The fraction of sp³-hybridized carbons (Fsp3) is 0.900. The SMILES string of the molecule is CCN(C(=O)[N]C)C1CCCCC1. The number of hydrogen-bond acceptors (Lipinski definition) is 1. The summed E-state index contributed by atoms with van der Waals surface area (Å²) in [6.07, 6.45) is 6.17. The summed E-state index contributed by atoms with van der Waals surface area (Å²) in [6, 6.07) is 0.407. The van der Waals surface area contributed by atoms with Crippen molar-refractivity contribution in [2.45, 2.75) is 45.1 Å². The van der Waals surface area contributed by atoms with Crippen LogP contribution in [0.5, 0.6) is 0 Å². The Kier molecular flexibility index (Phi) is 4.06. The Morgan fingerprint density at radius 1 is 1.38 bits per heavy atom. The molecule has 1 saturated carbocycles. The first-order valence-electron chi connectivity index (χ1n) is 5.20. The van der Waals surface area contributed by atoms with Gasteiger partial charge in [0.1, 0.15) is 0 Å². The van der Waals surface area contributed by atoms with Gasteiger partial charge in [-0.1, -0.05) is 19.3 Å². The lowest BCUT2D eigenvalue weighted by atomic mass is 9.94. The summed E-state index contributed by atoms with van der Waals surface area (Å²) in [5, 5.41) is 3.72. The van der Waals surface area contributed by atoms with E-state index in [0.717, 1.165) is 19.4 Å². The second-order valence-corrected chi connectivity index (χ2v) is 3.58. The van der Waals surface area contributed by atoms with Gasteiger partial charge in [0.05, 0.1) is 0 Å². The van der Waals surface area contributed by atoms with E-state index in [0.29, 0.717) is 6.04 Å². The first-order chi connectivity index (χ1) is 6.29. The Morgan fingerprint density at radius 3 is 2.46 bits per heavy atom. The van der Waals surface area contributed by atoms with Gasteiger partial charge in [-0.15, -0.1) is 0 Å². The maximum atomic E-state index is 11.4. The molecule has 0 bridgehead atoms. The van der Waals surface area contributed by atoms with Crippen LogP contribution in [0, 0.1) is 0 Å². The molecule has 1 fully saturated rings. The van der Waals surface area contributed by atoms with E-state index in [9.17, 15) is 4.79 Å². The predicted octanol–water partition coefficient (Wildman–Crippen LogP) is 2.00. The number of amides is 2. The van der Waals surface area contributed by atoms with Crippen molar-refractivity contribution in [2.75, 3.05) is 13.6 Å². The lowest BCUT2D eigenvalue weighted by Crippen LogP contribution is -2.43. The van der Waals surface area contributed by atoms with Gasteiger partial charge in [-0.2, -0.15) is 0 Å². The second-order valence-electron chi connectivity index (χ2n) is 3.58. The van der Waals surface area contributed by atoms with Crippen LogP contribution < -0.4 is 5.32 Å². The minimum atomic E-state index is -0.0469. The second kappa shape index (κ2) is 5.10. The Labute approximate surface area is 80.5 Å². The molecule has 0 heterocycles. The quantitative estimate of drug-likeness (QED) is 0.644. The highest BCUT2D eigenvalue weighted by Gasteiger charge is 2.23. The number of hydrogen-bond donors (Lipinski definition) is 0. The highest BCUT2D eigenvalue weighted by molar-refractivity contribution is 5.73. The van der Waals surface area contributed by atoms with E-state index < -0.39 is 0 Å². The average Bonchev–Trinajstić information content (AvgIpc) is 2.20. The van der Waals surface area contributed by atoms with E-state index in [1.807, 2.05) is 11.8 Å². The lowest BCUT2D eigenvalue weighted by Gasteiger charge is -2.32. The van der Waals surface area contributed by atoms with Crippen LogP contribution in [0.1, 0.15) is 39.0 Å². The van der Waals surface area contributed by atoms with Crippen LogP contribution in [0.3, 0.4) is 0 Å². The summed E-state index contributed by atoms with van der Waals surface area (Å²) in [5.74, 6) is 0. The molecule has 0 unspecified atom stereocenters. The van der Waals surface area contributed by atoms with Crippen molar-refractivity contribution in [1.82, 2.24) is 10.2 Å². The fourth-order valence-electron chi connectivity index (χ4n) is 2.07. The van der Waals surface area contributed by atoms with Crippen LogP contribution >= 0.6 is 0 Å². The van der Waals surface area contributed by atoms with E-state index in [1.165, 1.54) is 19.3 Å². The van der Waals surface area contributed by atoms with Gasteiger partial charge < -0.3 is 4.90 Å². The summed E-state index contributed by atoms with van der Waals surface area (Å²) >= 11 is 0. The Morgan fingerprint density at radius 2 is 2.00 bits per heavy atom. The number of carbonyl (C=O) groups excluding carboxylic acids is 1. The molecule has 75 valence electrons. The van der Waals surface area contributed by atoms with E-state index in [2.05, 4.69) is 5.32 Å². The van der Waals surface area contributed by atoms with Crippen molar-refractivity contribution >= 4 is 6.03 Å². The van der Waals surface area contributed by atoms with Crippen LogP contribution in [0.15, 0.2) is 0 Å². The largest absolute Gasteiger partial charge is 0.338 e. The number of nitrogens with zero attached hydrogens (tertiary/aromatic N) is 2. The van der Waals surface area contributed by atoms with E-state index in [1.54, 1.807) is 7.05 Å². The van der Waals surface area contributed by atoms with Crippen LogP contribution in [-0.2, 0) is 0 Å². The third-order valence-electron chi connectivity index (χ3n) is 2.79. The normalized spacial score (nSPS) is 18.3. The van der Waals surface area contributed by atoms with Crippen LogP contribution in [0.4, 0.5) is 4.79 Å². The van der Waals surface area contributed by atoms with Crippen LogP contribution in [0.25, 0.3) is 0 Å². The molecule has 0 atom stereocenters. The standard InChI is InChI=1S/C10H19N2O/c1-3-12(10(13)11-2)9-7-5-4-6-8-9/h9H,3-8H2,1-2H3. The molecule has 13 heavy (non-hydrogen) atoms. The van der Waals surface area contributed by atoms with Crippen molar-refractivity contribution in [3.63, 3.8) is 0 Å². The highest BCUT2D eigenvalue weighted by atomic mass is 16.2. The minimum Gasteiger partial charge on any atom is -0.321 e. The molecule has 0 aromatic heterocycles. The average molecular weight is 183 g/mol. The highest BCUT2D eigenvalue weighted by Crippen LogP contribution is 2.22. The van der Waals surface area contributed by atoms with Crippen molar-refractivity contribution in [3.05, 3.63) is 0 Å². The first-order valence-corrected chi connectivity index (χ1v) is 5.20. The summed E-state index contributed by atoms with van der Waals surface area (Å²) in [5.41, 5.74) is 0. The molecule has 1 radical (unpaired) electrons. The van der Waals surface area contributed by atoms with Gasteiger partial charge >= 0.3 is 6.03 Å². The predicted molar refractivity (Wildman–Crippen MR) is 52.7 cm³/mol. The number of rotatable bonds is 2. The molecule has 3 nitrogen and oxygen atoms in total. The monoisotopic (exact) mass is 183 g/mol. The van der Waals surface area contributed by atoms with Crippen LogP contribution in [0.2, 0.25) is 0 Å². The number of urea groups is 1. The molecule has 1 aliphatic rings. The zero-order valence-electron chi connectivity index (χ0n) is 8.62. The molecule has 0 N–H and O–H groups in total. The minimum absolute atomic E-state index is 0.0469. The zero-order chi connectivity index (χ0) is 9.68. The molecular weight excluding hydrogens is 164 g/mol. The van der Waals surface area contributed by atoms with Crippen molar-refractivity contribution in [1.29, 1.82) is 0 Å². The molecule has 1 rings (SSSR count). The Balaban J connectivity index is 2.48. The maximum Gasteiger partial charge on any atom is 0.338 e. The van der Waals surface area contributed by atoms with E-state index >= 15 is 0 Å². The molecule has 1 aliphatic carbocycles. The fourth-order valence-corrected chi connectivity index (χ4v) is 2.07. The molecule has 0 aliphatic heterocycles. The van der Waals surface area contributed by atoms with Gasteiger partial charge in [-0.25, -0.2) is 10.1 Å². The lowest BCUT2D eigenvalue weighted by molar-refractivity contribution is 0.161. The molecule has 3 heteroatoms. The van der Waals surface area contributed by atoms with Crippen molar-refractivity contribution < 1.29 is 4.79 Å². The summed E-state index contributed by atoms with van der Waals surface area (Å²) in [6.45, 7) is 2.82. The molecule has 0 spiro atoms. The van der Waals surface area contributed by atoms with Gasteiger partial charge in [0.25, 0.3) is 0 Å². The third kappa shape index (κ3) is 2.61. The molecule has 0 aromatic carbocycles. The van der Waals surface area contributed by atoms with Gasteiger partial charge in [0.15, 0.2) is 0 Å². The van der Waals surface area contributed by atoms with Crippen molar-refractivity contribution in [3.8, 4) is 0 Å². The van der Waals surface area contributed by atoms with Crippen molar-refractivity contribution in [2.24, 2.45) is 0 Å². The van der Waals surface area contributed by atoms with Gasteiger partial charge in [-0.3, -0.25) is 0 Å². The molecular formula is C10H19N2O. The summed E-state index contributed by atoms with van der Waals surface area (Å²) in [4.78, 5) is 13.3. The molecule has 0 aromatic rings.